The van der Waals surface area contributed by atoms with Crippen molar-refractivity contribution in [3.8, 4) is 22.6 Å². The molecule has 2 aromatic rings. The van der Waals surface area contributed by atoms with Gasteiger partial charge in [0.05, 0.1) is 25.4 Å². The van der Waals surface area contributed by atoms with Crippen molar-refractivity contribution in [3.05, 3.63) is 48.0 Å². The summed E-state index contributed by atoms with van der Waals surface area (Å²) in [7, 11) is 1.53. The number of hydrogen-bond acceptors (Lipinski definition) is 5. The highest BCUT2D eigenvalue weighted by Crippen LogP contribution is 2.45. The summed E-state index contributed by atoms with van der Waals surface area (Å²) >= 11 is 0. The first-order valence-electron chi connectivity index (χ1n) is 10.9. The van der Waals surface area contributed by atoms with Crippen LogP contribution in [0.4, 0.5) is 0 Å². The van der Waals surface area contributed by atoms with Gasteiger partial charge in [0, 0.05) is 31.9 Å². The smallest absolute Gasteiger partial charge is 0.246 e. The zero-order chi connectivity index (χ0) is 21.8. The van der Waals surface area contributed by atoms with Gasteiger partial charge in [0.2, 0.25) is 5.91 Å². The van der Waals surface area contributed by atoms with Gasteiger partial charge >= 0.3 is 0 Å². The van der Waals surface area contributed by atoms with Crippen LogP contribution in [0.1, 0.15) is 44.7 Å². The van der Waals surface area contributed by atoms with Crippen molar-refractivity contribution in [1.29, 1.82) is 0 Å². The predicted molar refractivity (Wildman–Crippen MR) is 118 cm³/mol. The Labute approximate surface area is 183 Å². The third-order valence-corrected chi connectivity index (χ3v) is 5.84. The van der Waals surface area contributed by atoms with Crippen LogP contribution < -0.4 is 14.8 Å². The maximum absolute atomic E-state index is 12.4. The van der Waals surface area contributed by atoms with Gasteiger partial charge in [-0.15, -0.1) is 0 Å². The molecule has 6 nitrogen and oxygen atoms in total. The quantitative estimate of drug-likeness (QED) is 0.749. The summed E-state index contributed by atoms with van der Waals surface area (Å²) in [6.45, 7) is 5.42. The lowest BCUT2D eigenvalue weighted by molar-refractivity contribution is -0.126. The van der Waals surface area contributed by atoms with Gasteiger partial charge in [0.15, 0.2) is 0 Å². The lowest BCUT2D eigenvalue weighted by Crippen LogP contribution is -2.49. The fourth-order valence-corrected chi connectivity index (χ4v) is 4.42. The van der Waals surface area contributed by atoms with Gasteiger partial charge in [-0.2, -0.15) is 0 Å². The molecule has 0 radical (unpaired) electrons. The van der Waals surface area contributed by atoms with Gasteiger partial charge in [-0.25, -0.2) is 0 Å². The van der Waals surface area contributed by atoms with Crippen LogP contribution in [-0.4, -0.2) is 44.5 Å². The Morgan fingerprint density at radius 2 is 1.94 bits per heavy atom. The number of nitrogens with one attached hydrogen (secondary N) is 1. The molecule has 1 spiro atoms. The van der Waals surface area contributed by atoms with Crippen LogP contribution in [0.3, 0.4) is 0 Å². The van der Waals surface area contributed by atoms with Gasteiger partial charge in [0.1, 0.15) is 23.7 Å². The molecule has 0 aromatic heterocycles. The average Bonchev–Trinajstić information content (AvgIpc) is 2.74. The molecule has 0 saturated carbocycles. The molecule has 1 fully saturated rings. The molecule has 2 aliphatic rings. The Balaban J connectivity index is 1.67. The fourth-order valence-electron chi connectivity index (χ4n) is 4.42. The Kier molecular flexibility index (Phi) is 6.49. The van der Waals surface area contributed by atoms with E-state index in [0.717, 1.165) is 47.5 Å². The minimum atomic E-state index is -0.303. The van der Waals surface area contributed by atoms with Crippen molar-refractivity contribution < 1.29 is 23.7 Å². The van der Waals surface area contributed by atoms with E-state index in [4.69, 9.17) is 18.9 Å². The molecule has 1 amide bonds. The van der Waals surface area contributed by atoms with E-state index in [-0.39, 0.29) is 30.3 Å². The molecule has 1 N–H and O–H groups in total. The lowest BCUT2D eigenvalue weighted by Gasteiger charge is -2.44. The van der Waals surface area contributed by atoms with Crippen LogP contribution >= 0.6 is 0 Å². The third-order valence-electron chi connectivity index (χ3n) is 5.84. The number of benzene rings is 2. The Morgan fingerprint density at radius 1 is 1.16 bits per heavy atom. The van der Waals surface area contributed by atoms with E-state index in [1.54, 1.807) is 0 Å². The van der Waals surface area contributed by atoms with Crippen molar-refractivity contribution in [1.82, 2.24) is 5.32 Å². The van der Waals surface area contributed by atoms with Gasteiger partial charge in [-0.3, -0.25) is 4.79 Å². The Hall–Kier alpha value is -2.57. The minimum absolute atomic E-state index is 0.0388. The van der Waals surface area contributed by atoms with Crippen LogP contribution in [-0.2, 0) is 14.3 Å². The van der Waals surface area contributed by atoms with Gasteiger partial charge < -0.3 is 24.3 Å². The molecule has 2 aliphatic heterocycles. The zero-order valence-corrected chi connectivity index (χ0v) is 18.5. The second-order valence-electron chi connectivity index (χ2n) is 8.60. The molecule has 4 rings (SSSR count). The van der Waals surface area contributed by atoms with E-state index < -0.39 is 0 Å². The number of fused-ring (bicyclic) bond motifs is 1. The first kappa shape index (κ1) is 21.7. The summed E-state index contributed by atoms with van der Waals surface area (Å²) in [6, 6.07) is 14.1. The number of hydrogen-bond donors (Lipinski definition) is 1. The first-order chi connectivity index (χ1) is 15.0. The number of carbonyl (C=O) groups is 1. The molecule has 1 unspecified atom stereocenters. The van der Waals surface area contributed by atoms with Crippen molar-refractivity contribution in [2.45, 2.75) is 50.9 Å². The van der Waals surface area contributed by atoms with Crippen LogP contribution in [0.25, 0.3) is 11.1 Å². The molecular formula is C25H31NO5. The Morgan fingerprint density at radius 3 is 2.68 bits per heavy atom. The number of carbonyl (C=O) groups excluding carboxylic acids is 1. The maximum atomic E-state index is 12.4. The monoisotopic (exact) mass is 425 g/mol. The molecule has 1 saturated heterocycles. The molecule has 2 aromatic carbocycles. The molecule has 6 heteroatoms. The molecule has 2 heterocycles. The van der Waals surface area contributed by atoms with Crippen LogP contribution in [0.15, 0.2) is 42.5 Å². The first-order valence-corrected chi connectivity index (χ1v) is 10.9. The zero-order valence-electron chi connectivity index (χ0n) is 18.5. The average molecular weight is 426 g/mol. The number of rotatable bonds is 6. The van der Waals surface area contributed by atoms with E-state index in [1.165, 1.54) is 7.11 Å². The standard InChI is InChI=1S/C25H31NO5/c1-17(2)30-20-6-4-5-18(13-20)19-7-8-23-21(14-19)22(26-24(27)16-28-3)15-25(31-23)9-11-29-12-10-25/h4-8,13-14,17,22H,9-12,15-16H2,1-3H3,(H,26,27). The highest BCUT2D eigenvalue weighted by molar-refractivity contribution is 5.78. The molecular weight excluding hydrogens is 394 g/mol. The molecule has 166 valence electrons. The summed E-state index contributed by atoms with van der Waals surface area (Å²) in [5.74, 6) is 1.54. The minimum Gasteiger partial charge on any atom is -0.491 e. The lowest BCUT2D eigenvalue weighted by atomic mass is 9.81. The van der Waals surface area contributed by atoms with Gasteiger partial charge in [-0.05, 0) is 49.2 Å². The molecule has 0 bridgehead atoms. The number of ether oxygens (including phenoxy) is 4. The van der Waals surface area contributed by atoms with Crippen molar-refractivity contribution in [3.63, 3.8) is 0 Å². The third kappa shape index (κ3) is 5.02. The van der Waals surface area contributed by atoms with Crippen LogP contribution in [0.2, 0.25) is 0 Å². The van der Waals surface area contributed by atoms with E-state index in [0.29, 0.717) is 13.2 Å². The second-order valence-corrected chi connectivity index (χ2v) is 8.60. The maximum Gasteiger partial charge on any atom is 0.246 e. The van der Waals surface area contributed by atoms with E-state index >= 15 is 0 Å². The highest BCUT2D eigenvalue weighted by atomic mass is 16.5. The van der Waals surface area contributed by atoms with Gasteiger partial charge in [0.25, 0.3) is 0 Å². The highest BCUT2D eigenvalue weighted by Gasteiger charge is 2.42. The molecule has 0 aliphatic carbocycles. The summed E-state index contributed by atoms with van der Waals surface area (Å²) in [4.78, 5) is 12.4. The molecule has 1 atom stereocenters. The summed E-state index contributed by atoms with van der Waals surface area (Å²) < 4.78 is 23.0. The fraction of sp³-hybridized carbons (Fsp3) is 0.480. The number of methoxy groups -OCH3 is 1. The van der Waals surface area contributed by atoms with Crippen LogP contribution in [0.5, 0.6) is 11.5 Å². The van der Waals surface area contributed by atoms with Gasteiger partial charge in [-0.1, -0.05) is 18.2 Å². The van der Waals surface area contributed by atoms with Crippen molar-refractivity contribution >= 4 is 5.91 Å². The normalized spacial score (nSPS) is 19.5. The van der Waals surface area contributed by atoms with Crippen molar-refractivity contribution in [2.24, 2.45) is 0 Å². The Bertz CT molecular complexity index is 920. The van der Waals surface area contributed by atoms with E-state index in [9.17, 15) is 4.79 Å². The topological polar surface area (TPSA) is 66.0 Å². The number of amides is 1. The largest absolute Gasteiger partial charge is 0.491 e. The summed E-state index contributed by atoms with van der Waals surface area (Å²) in [5, 5.41) is 3.15. The van der Waals surface area contributed by atoms with E-state index in [2.05, 4.69) is 23.5 Å². The SMILES string of the molecule is COCC(=O)NC1CC2(CCOCC2)Oc2ccc(-c3cccc(OC(C)C)c3)cc21. The van der Waals surface area contributed by atoms with Crippen molar-refractivity contribution in [2.75, 3.05) is 26.9 Å². The summed E-state index contributed by atoms with van der Waals surface area (Å²) in [5.41, 5.74) is 2.82. The van der Waals surface area contributed by atoms with E-state index in [1.807, 2.05) is 38.1 Å². The second kappa shape index (κ2) is 9.28. The summed E-state index contributed by atoms with van der Waals surface area (Å²) in [6.07, 6.45) is 2.47. The molecule has 31 heavy (non-hydrogen) atoms. The predicted octanol–water partition coefficient (Wildman–Crippen LogP) is 4.28. The van der Waals surface area contributed by atoms with Crippen LogP contribution in [0, 0.1) is 0 Å².